The minimum atomic E-state index is -4.40. The van der Waals surface area contributed by atoms with Gasteiger partial charge in [-0.3, -0.25) is 14.9 Å². The van der Waals surface area contributed by atoms with E-state index in [1.165, 1.54) is 12.1 Å². The molecule has 1 heterocycles. The summed E-state index contributed by atoms with van der Waals surface area (Å²) >= 11 is 0.987. The third-order valence-electron chi connectivity index (χ3n) is 5.39. The van der Waals surface area contributed by atoms with Crippen molar-refractivity contribution in [2.75, 3.05) is 13.2 Å². The second kappa shape index (κ2) is 11.0. The lowest BCUT2D eigenvalue weighted by Gasteiger charge is -2.20. The molecule has 182 valence electrons. The van der Waals surface area contributed by atoms with Crippen LogP contribution < -0.4 is 10.1 Å². The number of thioether (sulfide) groups is 1. The Morgan fingerprint density at radius 1 is 0.857 bits per heavy atom. The van der Waals surface area contributed by atoms with Crippen LogP contribution in [0.4, 0.5) is 18.0 Å². The average molecular weight is 502 g/mol. The first kappa shape index (κ1) is 24.8. The number of carbonyl (C=O) groups is 2. The fourth-order valence-electron chi connectivity index (χ4n) is 3.65. The molecule has 0 spiro atoms. The van der Waals surface area contributed by atoms with Crippen molar-refractivity contribution < 1.29 is 32.2 Å². The standard InChI is InChI=1S/C26H22F3NO4S/c27-26(28,29)20-10-8-19(9-11-20)23(18-4-2-1-3-5-18)34-15-14-33-21-12-6-17(7-13-21)16-22-24(31)30-25(32)35-22/h1-13,22-23H,14-16H2,(H,30,31,32). The van der Waals surface area contributed by atoms with Crippen LogP contribution >= 0.6 is 11.8 Å². The fraction of sp³-hybridized carbons (Fsp3) is 0.231. The van der Waals surface area contributed by atoms with Crippen LogP contribution in [0.15, 0.2) is 78.9 Å². The van der Waals surface area contributed by atoms with Crippen molar-refractivity contribution >= 4 is 22.9 Å². The number of halogens is 3. The number of ether oxygens (including phenoxy) is 2. The molecule has 5 nitrogen and oxygen atoms in total. The van der Waals surface area contributed by atoms with E-state index in [0.717, 1.165) is 35.0 Å². The van der Waals surface area contributed by atoms with Gasteiger partial charge in [-0.1, -0.05) is 66.4 Å². The Kier molecular flexibility index (Phi) is 7.77. The van der Waals surface area contributed by atoms with Crippen LogP contribution in [0.1, 0.15) is 28.4 Å². The zero-order valence-electron chi connectivity index (χ0n) is 18.5. The zero-order valence-corrected chi connectivity index (χ0v) is 19.3. The average Bonchev–Trinajstić information content (AvgIpc) is 3.16. The lowest BCUT2D eigenvalue weighted by atomic mass is 10.00. The molecule has 2 atom stereocenters. The minimum Gasteiger partial charge on any atom is -0.491 e. The Bertz CT molecular complexity index is 1150. The quantitative estimate of drug-likeness (QED) is 0.377. The van der Waals surface area contributed by atoms with Crippen LogP contribution in [-0.2, 0) is 22.1 Å². The summed E-state index contributed by atoms with van der Waals surface area (Å²) < 4.78 is 50.5. The lowest BCUT2D eigenvalue weighted by molar-refractivity contribution is -0.137. The molecule has 0 saturated carbocycles. The van der Waals surface area contributed by atoms with Gasteiger partial charge < -0.3 is 9.47 Å². The lowest BCUT2D eigenvalue weighted by Crippen LogP contribution is -2.25. The predicted molar refractivity (Wildman–Crippen MR) is 126 cm³/mol. The van der Waals surface area contributed by atoms with Crippen molar-refractivity contribution in [3.63, 3.8) is 0 Å². The van der Waals surface area contributed by atoms with Gasteiger partial charge in [-0.25, -0.2) is 0 Å². The number of hydrogen-bond donors (Lipinski definition) is 1. The summed E-state index contributed by atoms with van der Waals surface area (Å²) in [5, 5.41) is 1.51. The molecular formula is C26H22F3NO4S. The van der Waals surface area contributed by atoms with Crippen molar-refractivity contribution in [1.82, 2.24) is 5.32 Å². The second-order valence-electron chi connectivity index (χ2n) is 7.86. The SMILES string of the molecule is O=C1NC(=O)C(Cc2ccc(OCCOC(c3ccccc3)c3ccc(C(F)(F)F)cc3)cc2)S1. The molecular weight excluding hydrogens is 479 g/mol. The van der Waals surface area contributed by atoms with Gasteiger partial charge >= 0.3 is 6.18 Å². The number of rotatable bonds is 9. The van der Waals surface area contributed by atoms with Crippen LogP contribution in [0.2, 0.25) is 0 Å². The highest BCUT2D eigenvalue weighted by molar-refractivity contribution is 8.15. The molecule has 9 heteroatoms. The van der Waals surface area contributed by atoms with Crippen LogP contribution in [0.25, 0.3) is 0 Å². The molecule has 1 aliphatic rings. The number of benzene rings is 3. The molecule has 3 aromatic carbocycles. The molecule has 2 unspecified atom stereocenters. The van der Waals surface area contributed by atoms with Crippen molar-refractivity contribution in [3.05, 3.63) is 101 Å². The molecule has 0 aliphatic carbocycles. The van der Waals surface area contributed by atoms with E-state index in [4.69, 9.17) is 9.47 Å². The van der Waals surface area contributed by atoms with Gasteiger partial charge in [0, 0.05) is 0 Å². The first-order chi connectivity index (χ1) is 16.8. The molecule has 3 aromatic rings. The Labute approximate surface area is 204 Å². The summed E-state index contributed by atoms with van der Waals surface area (Å²) in [7, 11) is 0. The topological polar surface area (TPSA) is 64.6 Å². The van der Waals surface area contributed by atoms with E-state index in [9.17, 15) is 22.8 Å². The number of alkyl halides is 3. The maximum absolute atomic E-state index is 12.9. The summed E-state index contributed by atoms with van der Waals surface area (Å²) in [6, 6.07) is 21.4. The molecule has 35 heavy (non-hydrogen) atoms. The Hall–Kier alpha value is -3.30. The third-order valence-corrected chi connectivity index (χ3v) is 6.37. The molecule has 0 radical (unpaired) electrons. The Balaban J connectivity index is 1.33. The Morgan fingerprint density at radius 3 is 2.11 bits per heavy atom. The highest BCUT2D eigenvalue weighted by Crippen LogP contribution is 2.32. The van der Waals surface area contributed by atoms with Gasteiger partial charge in [0.2, 0.25) is 5.91 Å². The molecule has 2 amide bonds. The van der Waals surface area contributed by atoms with Gasteiger partial charge in [-0.2, -0.15) is 13.2 Å². The van der Waals surface area contributed by atoms with E-state index >= 15 is 0 Å². The largest absolute Gasteiger partial charge is 0.491 e. The Morgan fingerprint density at radius 2 is 1.51 bits per heavy atom. The van der Waals surface area contributed by atoms with E-state index in [2.05, 4.69) is 5.32 Å². The summed E-state index contributed by atoms with van der Waals surface area (Å²) in [4.78, 5) is 23.0. The maximum Gasteiger partial charge on any atom is 0.416 e. The molecule has 0 bridgehead atoms. The molecule has 4 rings (SSSR count). The zero-order chi connectivity index (χ0) is 24.8. The number of imide groups is 1. The summed E-state index contributed by atoms with van der Waals surface area (Å²) in [5.41, 5.74) is 1.63. The first-order valence-electron chi connectivity index (χ1n) is 10.9. The number of nitrogens with one attached hydrogen (secondary N) is 1. The van der Waals surface area contributed by atoms with Gasteiger partial charge in [0.25, 0.3) is 5.24 Å². The summed E-state index contributed by atoms with van der Waals surface area (Å²) in [6.45, 7) is 0.446. The first-order valence-corrected chi connectivity index (χ1v) is 11.7. The highest BCUT2D eigenvalue weighted by atomic mass is 32.2. The van der Waals surface area contributed by atoms with E-state index < -0.39 is 23.1 Å². The van der Waals surface area contributed by atoms with E-state index in [-0.39, 0.29) is 24.4 Å². The summed E-state index contributed by atoms with van der Waals surface area (Å²) in [5.74, 6) is 0.334. The normalized spacial score (nSPS) is 16.7. The summed E-state index contributed by atoms with van der Waals surface area (Å²) in [6.07, 6.45) is -4.50. The van der Waals surface area contributed by atoms with Crippen LogP contribution in [0.3, 0.4) is 0 Å². The molecule has 1 fully saturated rings. The van der Waals surface area contributed by atoms with Crippen LogP contribution in [0, 0.1) is 0 Å². The fourth-order valence-corrected chi connectivity index (χ4v) is 4.51. The van der Waals surface area contributed by atoms with E-state index in [1.807, 2.05) is 42.5 Å². The van der Waals surface area contributed by atoms with Gasteiger partial charge in [0.05, 0.1) is 17.4 Å². The van der Waals surface area contributed by atoms with Crippen molar-refractivity contribution in [2.24, 2.45) is 0 Å². The van der Waals surface area contributed by atoms with Gasteiger partial charge in [0.1, 0.15) is 18.5 Å². The number of amides is 2. The second-order valence-corrected chi connectivity index (χ2v) is 9.04. The van der Waals surface area contributed by atoms with Crippen molar-refractivity contribution in [1.29, 1.82) is 0 Å². The van der Waals surface area contributed by atoms with Crippen molar-refractivity contribution in [2.45, 2.75) is 24.0 Å². The smallest absolute Gasteiger partial charge is 0.416 e. The minimum absolute atomic E-state index is 0.212. The van der Waals surface area contributed by atoms with Gasteiger partial charge in [-0.15, -0.1) is 0 Å². The molecule has 1 aliphatic heterocycles. The highest BCUT2D eigenvalue weighted by Gasteiger charge is 2.32. The third kappa shape index (κ3) is 6.64. The maximum atomic E-state index is 12.9. The van der Waals surface area contributed by atoms with Gasteiger partial charge in [0.15, 0.2) is 0 Å². The number of hydrogen-bond acceptors (Lipinski definition) is 5. The van der Waals surface area contributed by atoms with E-state index in [1.54, 1.807) is 12.1 Å². The van der Waals surface area contributed by atoms with Gasteiger partial charge in [-0.05, 0) is 47.4 Å². The number of carbonyl (C=O) groups excluding carboxylic acids is 2. The molecule has 1 saturated heterocycles. The van der Waals surface area contributed by atoms with Crippen LogP contribution in [0.5, 0.6) is 5.75 Å². The monoisotopic (exact) mass is 501 g/mol. The van der Waals surface area contributed by atoms with Crippen molar-refractivity contribution in [3.8, 4) is 5.75 Å². The molecule has 0 aromatic heterocycles. The van der Waals surface area contributed by atoms with Crippen LogP contribution in [-0.4, -0.2) is 29.6 Å². The van der Waals surface area contributed by atoms with E-state index in [0.29, 0.717) is 17.7 Å². The molecule has 1 N–H and O–H groups in total. The predicted octanol–water partition coefficient (Wildman–Crippen LogP) is 5.78.